The van der Waals surface area contributed by atoms with Gasteiger partial charge in [0, 0.05) is 29.3 Å². The summed E-state index contributed by atoms with van der Waals surface area (Å²) in [5.74, 6) is 1.62. The van der Waals surface area contributed by atoms with Crippen molar-refractivity contribution in [1.29, 1.82) is 0 Å². The monoisotopic (exact) mass is 308 g/mol. The van der Waals surface area contributed by atoms with Gasteiger partial charge >= 0.3 is 0 Å². The summed E-state index contributed by atoms with van der Waals surface area (Å²) in [6.45, 7) is 0. The molecule has 1 unspecified atom stereocenters. The molecule has 22 heavy (non-hydrogen) atoms. The Morgan fingerprint density at radius 1 is 1.09 bits per heavy atom. The van der Waals surface area contributed by atoms with Crippen molar-refractivity contribution in [2.45, 2.75) is 6.04 Å². The predicted octanol–water partition coefficient (Wildman–Crippen LogP) is 2.50. The first kappa shape index (κ1) is 13.1. The maximum atomic E-state index is 4.81. The number of pyridine rings is 1. The number of rotatable bonds is 3. The van der Waals surface area contributed by atoms with Crippen molar-refractivity contribution < 1.29 is 0 Å². The molecule has 0 saturated carbocycles. The molecule has 2 aromatic heterocycles. The van der Waals surface area contributed by atoms with E-state index in [1.807, 2.05) is 30.5 Å². The number of aromatic nitrogens is 5. The zero-order chi connectivity index (χ0) is 14.8. The quantitative estimate of drug-likeness (QED) is 0.804. The van der Waals surface area contributed by atoms with Gasteiger partial charge in [0.1, 0.15) is 5.04 Å². The van der Waals surface area contributed by atoms with Crippen molar-refractivity contribution in [1.82, 2.24) is 25.6 Å². The van der Waals surface area contributed by atoms with E-state index in [9.17, 15) is 0 Å². The van der Waals surface area contributed by atoms with Crippen LogP contribution in [0.3, 0.4) is 0 Å². The summed E-state index contributed by atoms with van der Waals surface area (Å²) in [5, 5.41) is 14.9. The maximum absolute atomic E-state index is 4.81. The Balaban J connectivity index is 1.57. The molecule has 4 rings (SSSR count). The van der Waals surface area contributed by atoms with Gasteiger partial charge in [0.2, 0.25) is 0 Å². The summed E-state index contributed by atoms with van der Waals surface area (Å²) in [6, 6.07) is 12.4. The minimum absolute atomic E-state index is 0.183. The number of aliphatic imine (C=N–C) groups is 1. The Morgan fingerprint density at radius 3 is 2.73 bits per heavy atom. The molecule has 3 aromatic rings. The van der Waals surface area contributed by atoms with E-state index in [0.717, 1.165) is 21.9 Å². The van der Waals surface area contributed by atoms with Crippen LogP contribution in [0.15, 0.2) is 53.8 Å². The van der Waals surface area contributed by atoms with Gasteiger partial charge in [-0.2, -0.15) is 0 Å². The highest BCUT2D eigenvalue weighted by Crippen LogP contribution is 2.33. The molecule has 108 valence electrons. The fourth-order valence-electron chi connectivity index (χ4n) is 2.34. The summed E-state index contributed by atoms with van der Waals surface area (Å²) in [4.78, 5) is 8.96. The molecule has 1 aromatic carbocycles. The Kier molecular flexibility index (Phi) is 3.40. The van der Waals surface area contributed by atoms with Crippen LogP contribution in [0.5, 0.6) is 0 Å². The van der Waals surface area contributed by atoms with Crippen molar-refractivity contribution in [3.05, 3.63) is 59.9 Å². The van der Waals surface area contributed by atoms with Gasteiger partial charge in [-0.3, -0.25) is 9.98 Å². The van der Waals surface area contributed by atoms with E-state index in [1.54, 1.807) is 18.0 Å². The van der Waals surface area contributed by atoms with Gasteiger partial charge in [-0.15, -0.1) is 16.9 Å². The number of hydrogen-bond donors (Lipinski definition) is 1. The van der Waals surface area contributed by atoms with Crippen LogP contribution >= 0.6 is 11.8 Å². The van der Waals surface area contributed by atoms with E-state index in [2.05, 4.69) is 37.7 Å². The average molecular weight is 308 g/mol. The lowest BCUT2D eigenvalue weighted by atomic mass is 10.1. The molecule has 1 aliphatic rings. The third-order valence-corrected chi connectivity index (χ3v) is 4.57. The molecule has 0 saturated heterocycles. The van der Waals surface area contributed by atoms with Gasteiger partial charge in [0.25, 0.3) is 0 Å². The Morgan fingerprint density at radius 2 is 2.00 bits per heavy atom. The van der Waals surface area contributed by atoms with Crippen LogP contribution in [0.4, 0.5) is 0 Å². The molecular weight excluding hydrogens is 296 g/mol. The third kappa shape index (κ3) is 2.50. The molecule has 6 nitrogen and oxygen atoms in total. The zero-order valence-electron chi connectivity index (χ0n) is 11.5. The van der Waals surface area contributed by atoms with Crippen molar-refractivity contribution in [2.75, 3.05) is 5.75 Å². The van der Waals surface area contributed by atoms with E-state index in [1.165, 1.54) is 5.56 Å². The van der Waals surface area contributed by atoms with Gasteiger partial charge in [0.05, 0.1) is 6.04 Å². The topological polar surface area (TPSA) is 79.7 Å². The van der Waals surface area contributed by atoms with Crippen molar-refractivity contribution in [2.24, 2.45) is 4.99 Å². The number of benzene rings is 1. The van der Waals surface area contributed by atoms with E-state index in [4.69, 9.17) is 4.99 Å². The molecule has 0 spiro atoms. The highest BCUT2D eigenvalue weighted by Gasteiger charge is 2.21. The Hall–Kier alpha value is -2.54. The number of H-pyrrole nitrogens is 1. The Bertz CT molecular complexity index is 783. The molecule has 1 N–H and O–H groups in total. The molecule has 3 heterocycles. The van der Waals surface area contributed by atoms with Crippen LogP contribution in [0.1, 0.15) is 17.2 Å². The number of thioether (sulfide) groups is 1. The third-order valence-electron chi connectivity index (χ3n) is 3.47. The summed E-state index contributed by atoms with van der Waals surface area (Å²) in [6.07, 6.45) is 3.63. The number of aromatic amines is 1. The number of hydrogen-bond acceptors (Lipinski definition) is 6. The van der Waals surface area contributed by atoms with Crippen molar-refractivity contribution in [3.63, 3.8) is 0 Å². The SMILES string of the molecule is c1cncc(C2=NC(c3ccc(-c4nnn[nH]4)cc3)CS2)c1. The van der Waals surface area contributed by atoms with E-state index >= 15 is 0 Å². The van der Waals surface area contributed by atoms with Crippen molar-refractivity contribution in [3.8, 4) is 11.4 Å². The number of nitrogens with one attached hydrogen (secondary N) is 1. The van der Waals surface area contributed by atoms with Crippen LogP contribution in [0.2, 0.25) is 0 Å². The minimum atomic E-state index is 0.183. The molecule has 1 atom stereocenters. The van der Waals surface area contributed by atoms with Gasteiger partial charge in [-0.05, 0) is 28.1 Å². The highest BCUT2D eigenvalue weighted by atomic mass is 32.2. The summed E-state index contributed by atoms with van der Waals surface area (Å²) < 4.78 is 0. The van der Waals surface area contributed by atoms with Gasteiger partial charge in [0.15, 0.2) is 5.82 Å². The lowest BCUT2D eigenvalue weighted by Crippen LogP contribution is -1.94. The molecular formula is C15H12N6S. The lowest BCUT2D eigenvalue weighted by Gasteiger charge is -2.06. The molecule has 0 fully saturated rings. The lowest BCUT2D eigenvalue weighted by molar-refractivity contribution is 0.850. The molecule has 1 aliphatic heterocycles. The highest BCUT2D eigenvalue weighted by molar-refractivity contribution is 8.14. The standard InChI is InChI=1S/C15H12N6S/c1-2-12(8-16-7-1)15-17-13(9-22-15)10-3-5-11(6-4-10)14-18-20-21-19-14/h1-8,13H,9H2,(H,18,19,20,21). The Labute approximate surface area is 131 Å². The molecule has 0 radical (unpaired) electrons. The zero-order valence-corrected chi connectivity index (χ0v) is 12.4. The van der Waals surface area contributed by atoms with Gasteiger partial charge < -0.3 is 0 Å². The van der Waals surface area contributed by atoms with Crippen LogP contribution < -0.4 is 0 Å². The van der Waals surface area contributed by atoms with E-state index in [-0.39, 0.29) is 6.04 Å². The van der Waals surface area contributed by atoms with Gasteiger partial charge in [-0.25, -0.2) is 5.10 Å². The molecule has 0 amide bonds. The summed E-state index contributed by atoms with van der Waals surface area (Å²) in [7, 11) is 0. The first-order valence-electron chi connectivity index (χ1n) is 6.85. The second-order valence-corrected chi connectivity index (χ2v) is 5.88. The van der Waals surface area contributed by atoms with Crippen LogP contribution in [0, 0.1) is 0 Å². The van der Waals surface area contributed by atoms with Crippen LogP contribution in [-0.2, 0) is 0 Å². The van der Waals surface area contributed by atoms with Crippen LogP contribution in [0.25, 0.3) is 11.4 Å². The average Bonchev–Trinajstić information content (AvgIpc) is 3.28. The molecule has 7 heteroatoms. The normalized spacial score (nSPS) is 17.5. The van der Waals surface area contributed by atoms with Gasteiger partial charge in [-0.1, -0.05) is 24.3 Å². The number of nitrogens with zero attached hydrogens (tertiary/aromatic N) is 5. The molecule has 0 aliphatic carbocycles. The molecule has 0 bridgehead atoms. The number of tetrazole rings is 1. The fraction of sp³-hybridized carbons (Fsp3) is 0.133. The smallest absolute Gasteiger partial charge is 0.179 e. The summed E-state index contributed by atoms with van der Waals surface area (Å²) in [5.41, 5.74) is 3.25. The van der Waals surface area contributed by atoms with Crippen LogP contribution in [-0.4, -0.2) is 36.4 Å². The minimum Gasteiger partial charge on any atom is -0.269 e. The second-order valence-electron chi connectivity index (χ2n) is 4.87. The predicted molar refractivity (Wildman–Crippen MR) is 85.6 cm³/mol. The first-order chi connectivity index (χ1) is 10.9. The second kappa shape index (κ2) is 5.69. The van der Waals surface area contributed by atoms with E-state index in [0.29, 0.717) is 5.82 Å². The first-order valence-corrected chi connectivity index (χ1v) is 7.84. The fourth-order valence-corrected chi connectivity index (χ4v) is 3.41. The van der Waals surface area contributed by atoms with E-state index < -0.39 is 0 Å². The summed E-state index contributed by atoms with van der Waals surface area (Å²) >= 11 is 1.77. The largest absolute Gasteiger partial charge is 0.269 e. The van der Waals surface area contributed by atoms with Crippen molar-refractivity contribution >= 4 is 16.8 Å². The maximum Gasteiger partial charge on any atom is 0.179 e.